The Morgan fingerprint density at radius 3 is 2.40 bits per heavy atom. The van der Waals surface area contributed by atoms with Gasteiger partial charge in [-0.2, -0.15) is 0 Å². The van der Waals surface area contributed by atoms with Gasteiger partial charge in [-0.1, -0.05) is 66.2 Å². The molecule has 2 atom stereocenters. The number of Topliss-reactive ketones (excluding diaryl/α,β-unsaturated/α-hetero) is 1. The molecule has 1 aliphatic heterocycles. The number of para-hydroxylation sites is 1. The molecule has 2 N–H and O–H groups in total. The smallest absolute Gasteiger partial charge is 0.222 e. The maximum atomic E-state index is 13.6. The Balaban J connectivity index is 1.91. The summed E-state index contributed by atoms with van der Waals surface area (Å²) in [7, 11) is 2.05. The van der Waals surface area contributed by atoms with E-state index in [-0.39, 0.29) is 11.8 Å². The van der Waals surface area contributed by atoms with Crippen molar-refractivity contribution in [1.29, 1.82) is 0 Å². The van der Waals surface area contributed by atoms with Crippen molar-refractivity contribution in [2.24, 2.45) is 10.7 Å². The second kappa shape index (κ2) is 7.98. The molecule has 3 aromatic carbocycles. The number of ketones is 1. The van der Waals surface area contributed by atoms with Gasteiger partial charge in [0.15, 0.2) is 6.04 Å². The van der Waals surface area contributed by atoms with Gasteiger partial charge in [-0.3, -0.25) is 20.0 Å². The van der Waals surface area contributed by atoms with Crippen LogP contribution < -0.4 is 10.2 Å². The van der Waals surface area contributed by atoms with Crippen molar-refractivity contribution in [3.8, 4) is 0 Å². The number of benzodiazepines with no additional fused rings is 1. The van der Waals surface area contributed by atoms with Crippen molar-refractivity contribution in [1.82, 2.24) is 4.48 Å². The summed E-state index contributed by atoms with van der Waals surface area (Å²) in [6.07, 6.45) is 0. The monoisotopic (exact) mass is 398 g/mol. The van der Waals surface area contributed by atoms with E-state index in [1.165, 1.54) is 11.1 Å². The fourth-order valence-electron chi connectivity index (χ4n) is 4.40. The number of quaternary nitrogens is 1. The highest BCUT2D eigenvalue weighted by Gasteiger charge is 2.43. The number of benzene rings is 3. The Bertz CT molecular complexity index is 1120. The number of nitrogens with two attached hydrogens (primary N) is 1. The molecule has 1 aliphatic rings. The Morgan fingerprint density at radius 1 is 1.00 bits per heavy atom. The third-order valence-corrected chi connectivity index (χ3v) is 6.20. The summed E-state index contributed by atoms with van der Waals surface area (Å²) in [5, 5.41) is 0. The minimum Gasteiger partial charge on any atom is -0.287 e. The van der Waals surface area contributed by atoms with Gasteiger partial charge in [0, 0.05) is 11.1 Å². The predicted molar refractivity (Wildman–Crippen MR) is 124 cm³/mol. The fourth-order valence-corrected chi connectivity index (χ4v) is 4.40. The van der Waals surface area contributed by atoms with Gasteiger partial charge < -0.3 is 0 Å². The first-order valence-corrected chi connectivity index (χ1v) is 10.3. The summed E-state index contributed by atoms with van der Waals surface area (Å²) < 4.78 is 0.321. The van der Waals surface area contributed by atoms with Gasteiger partial charge in [-0.05, 0) is 31.5 Å². The highest BCUT2D eigenvalue weighted by atomic mass is 16.1. The molecule has 0 bridgehead atoms. The average Bonchev–Trinajstić information content (AvgIpc) is 2.89. The molecule has 0 aliphatic carbocycles. The van der Waals surface area contributed by atoms with E-state index >= 15 is 0 Å². The van der Waals surface area contributed by atoms with Crippen LogP contribution in [-0.4, -0.2) is 37.8 Å². The molecule has 0 amide bonds. The van der Waals surface area contributed by atoms with Crippen LogP contribution in [0, 0.1) is 13.8 Å². The maximum absolute atomic E-state index is 13.6. The second-order valence-electron chi connectivity index (χ2n) is 8.22. The number of carbonyl (C=O) groups excluding carboxylic acids is 1. The maximum Gasteiger partial charge on any atom is 0.222 e. The molecule has 0 saturated carbocycles. The molecule has 4 heteroatoms. The lowest BCUT2D eigenvalue weighted by molar-refractivity contribution is 0.0868. The number of nitrogens with zero attached hydrogens (tertiary/aromatic N) is 2. The van der Waals surface area contributed by atoms with Crippen molar-refractivity contribution in [3.05, 3.63) is 101 Å². The van der Waals surface area contributed by atoms with E-state index in [1.807, 2.05) is 49.5 Å². The molecular weight excluding hydrogens is 370 g/mol. The van der Waals surface area contributed by atoms with Gasteiger partial charge in [0.25, 0.3) is 0 Å². The molecule has 0 aromatic heterocycles. The summed E-state index contributed by atoms with van der Waals surface area (Å²) in [5.41, 5.74) is 13.5. The lowest BCUT2D eigenvalue weighted by Gasteiger charge is -2.38. The van der Waals surface area contributed by atoms with E-state index in [4.69, 9.17) is 10.7 Å². The van der Waals surface area contributed by atoms with Crippen LogP contribution in [0.15, 0.2) is 77.8 Å². The number of fused-ring (bicyclic) bond motifs is 1. The number of hydrogen-bond acceptors (Lipinski definition) is 3. The number of carbonyl (C=O) groups is 1. The summed E-state index contributed by atoms with van der Waals surface area (Å²) in [4.78, 5) is 18.6. The zero-order valence-electron chi connectivity index (χ0n) is 17.8. The highest BCUT2D eigenvalue weighted by Crippen LogP contribution is 2.34. The van der Waals surface area contributed by atoms with E-state index in [1.54, 1.807) is 0 Å². The Morgan fingerprint density at radius 2 is 1.70 bits per heavy atom. The number of rotatable bonds is 4. The van der Waals surface area contributed by atoms with Gasteiger partial charge in [0.1, 0.15) is 12.4 Å². The topological polar surface area (TPSA) is 55.5 Å². The van der Waals surface area contributed by atoms with Crippen LogP contribution in [0.4, 0.5) is 5.69 Å². The first kappa shape index (κ1) is 20.2. The summed E-state index contributed by atoms with van der Waals surface area (Å²) in [6.45, 7) is 4.91. The third kappa shape index (κ3) is 3.38. The average molecular weight is 399 g/mol. The molecule has 3 aromatic rings. The van der Waals surface area contributed by atoms with Crippen LogP contribution in [0.3, 0.4) is 0 Å². The molecule has 2 unspecified atom stereocenters. The third-order valence-electron chi connectivity index (χ3n) is 6.20. The molecule has 1 heterocycles. The lowest BCUT2D eigenvalue weighted by Crippen LogP contribution is -2.61. The number of likely N-dealkylation sites (N-methyl/N-ethyl adjacent to an activating group) is 1. The van der Waals surface area contributed by atoms with Crippen LogP contribution >= 0.6 is 0 Å². The van der Waals surface area contributed by atoms with E-state index in [9.17, 15) is 4.79 Å². The minimum atomic E-state index is -0.387. The summed E-state index contributed by atoms with van der Waals surface area (Å²) >= 11 is 0. The van der Waals surface area contributed by atoms with Gasteiger partial charge >= 0.3 is 0 Å². The van der Waals surface area contributed by atoms with Crippen molar-refractivity contribution < 1.29 is 4.79 Å². The Labute approximate surface area is 178 Å². The molecule has 0 spiro atoms. The zero-order chi connectivity index (χ0) is 21.3. The lowest BCUT2D eigenvalue weighted by atomic mass is 9.94. The van der Waals surface area contributed by atoms with Gasteiger partial charge in [0.05, 0.1) is 24.9 Å². The molecule has 0 saturated heterocycles. The molecule has 30 heavy (non-hydrogen) atoms. The van der Waals surface area contributed by atoms with E-state index in [2.05, 4.69) is 44.2 Å². The quantitative estimate of drug-likeness (QED) is 0.527. The molecule has 0 radical (unpaired) electrons. The van der Waals surface area contributed by atoms with Crippen molar-refractivity contribution in [2.75, 3.05) is 20.3 Å². The first-order valence-electron chi connectivity index (χ1n) is 10.3. The second-order valence-corrected chi connectivity index (χ2v) is 8.22. The molecular formula is C26H28N3O+. The zero-order valence-corrected chi connectivity index (χ0v) is 17.8. The van der Waals surface area contributed by atoms with Crippen molar-refractivity contribution in [2.45, 2.75) is 19.9 Å². The van der Waals surface area contributed by atoms with Crippen LogP contribution in [0.1, 0.15) is 32.6 Å². The Kier molecular flexibility index (Phi) is 5.37. The molecule has 152 valence electrons. The minimum absolute atomic E-state index is 0.0731. The van der Waals surface area contributed by atoms with E-state index in [0.717, 1.165) is 22.5 Å². The first-order chi connectivity index (χ1) is 14.5. The van der Waals surface area contributed by atoms with E-state index in [0.29, 0.717) is 23.3 Å². The molecule has 0 fully saturated rings. The Hall–Kier alpha value is -3.08. The van der Waals surface area contributed by atoms with Crippen LogP contribution in [-0.2, 0) is 0 Å². The summed E-state index contributed by atoms with van der Waals surface area (Å²) in [6, 6.07) is 23.7. The standard InChI is InChI=1S/C26H28N3O/c1-18-13-14-21(19(2)15-18)25-22-11-7-8-12-23(22)29(3,17-27)24(16-28-25)26(30)20-9-5-4-6-10-20/h4-15,24H,16-17,27H2,1-3H3/q+1. The fraction of sp³-hybridized carbons (Fsp3) is 0.231. The highest BCUT2D eigenvalue weighted by molar-refractivity contribution is 6.17. The predicted octanol–water partition coefficient (Wildman–Crippen LogP) is 4.26. The van der Waals surface area contributed by atoms with Crippen LogP contribution in [0.5, 0.6) is 0 Å². The number of aliphatic imine (C=N–C) groups is 1. The number of aryl methyl sites for hydroxylation is 2. The largest absolute Gasteiger partial charge is 0.287 e. The molecule has 4 rings (SSSR count). The molecule has 4 nitrogen and oxygen atoms in total. The van der Waals surface area contributed by atoms with Crippen molar-refractivity contribution in [3.63, 3.8) is 0 Å². The number of hydrogen-bond donors (Lipinski definition) is 1. The van der Waals surface area contributed by atoms with Crippen LogP contribution in [0.25, 0.3) is 0 Å². The van der Waals surface area contributed by atoms with Gasteiger partial charge in [-0.15, -0.1) is 0 Å². The van der Waals surface area contributed by atoms with E-state index < -0.39 is 0 Å². The van der Waals surface area contributed by atoms with Crippen LogP contribution in [0.2, 0.25) is 0 Å². The van der Waals surface area contributed by atoms with Gasteiger partial charge in [0.2, 0.25) is 5.78 Å². The van der Waals surface area contributed by atoms with Gasteiger partial charge in [-0.25, -0.2) is 0 Å². The summed E-state index contributed by atoms with van der Waals surface area (Å²) in [5.74, 6) is 0.0731. The van der Waals surface area contributed by atoms with Crippen molar-refractivity contribution >= 4 is 17.2 Å². The SMILES string of the molecule is Cc1ccc(C2=NCC(C(=O)c3ccccc3)[N+](C)(CN)c3ccccc32)c(C)c1. The normalized spacial score (nSPS) is 20.8.